The number of halogens is 1. The standard InChI is InChI=1S/C20H20ClN3O3/c1-14-10-11-24(23-14)18-8-4-16(5-9-18)20(26)27-13-19(25)22-12-15-2-6-17(21)7-3-15/h2-9H,10-13H2,1H3,(H,22,25). The molecule has 0 aliphatic carbocycles. The largest absolute Gasteiger partial charge is 0.452 e. The number of benzene rings is 2. The molecule has 1 amide bonds. The van der Waals surface area contributed by atoms with Crippen LogP contribution in [0.5, 0.6) is 0 Å². The molecule has 0 radical (unpaired) electrons. The fourth-order valence-electron chi connectivity index (χ4n) is 2.60. The number of amides is 1. The number of nitrogens with one attached hydrogen (secondary N) is 1. The summed E-state index contributed by atoms with van der Waals surface area (Å²) in [5.41, 5.74) is 3.31. The molecule has 0 atom stereocenters. The lowest BCUT2D eigenvalue weighted by atomic mass is 10.2. The van der Waals surface area contributed by atoms with Crippen LogP contribution in [0.4, 0.5) is 5.69 Å². The topological polar surface area (TPSA) is 71.0 Å². The Kier molecular flexibility index (Phi) is 6.08. The minimum atomic E-state index is -0.538. The van der Waals surface area contributed by atoms with Crippen molar-refractivity contribution in [3.05, 3.63) is 64.7 Å². The van der Waals surface area contributed by atoms with E-state index < -0.39 is 5.97 Å². The molecule has 0 bridgehead atoms. The summed E-state index contributed by atoms with van der Waals surface area (Å²) in [4.78, 5) is 23.9. The Morgan fingerprint density at radius 2 is 1.85 bits per heavy atom. The Bertz CT molecular complexity index is 848. The van der Waals surface area contributed by atoms with Crippen LogP contribution in [0.15, 0.2) is 53.6 Å². The lowest BCUT2D eigenvalue weighted by Gasteiger charge is -2.13. The Morgan fingerprint density at radius 1 is 1.15 bits per heavy atom. The molecule has 0 spiro atoms. The molecule has 7 heteroatoms. The normalized spacial score (nSPS) is 13.3. The number of hydrogen-bond acceptors (Lipinski definition) is 5. The average Bonchev–Trinajstić information content (AvgIpc) is 3.12. The number of carbonyl (C=O) groups excluding carboxylic acids is 2. The van der Waals surface area contributed by atoms with Crippen LogP contribution >= 0.6 is 11.6 Å². The van der Waals surface area contributed by atoms with Crippen molar-refractivity contribution in [1.29, 1.82) is 0 Å². The molecule has 3 rings (SSSR count). The van der Waals surface area contributed by atoms with Crippen LogP contribution in [0.1, 0.15) is 29.3 Å². The molecular weight excluding hydrogens is 366 g/mol. The molecule has 1 N–H and O–H groups in total. The van der Waals surface area contributed by atoms with E-state index in [2.05, 4.69) is 10.4 Å². The van der Waals surface area contributed by atoms with Gasteiger partial charge in [-0.1, -0.05) is 23.7 Å². The van der Waals surface area contributed by atoms with Gasteiger partial charge in [-0.15, -0.1) is 0 Å². The monoisotopic (exact) mass is 385 g/mol. The third-order valence-electron chi connectivity index (χ3n) is 4.12. The van der Waals surface area contributed by atoms with Gasteiger partial charge in [0.25, 0.3) is 5.91 Å². The number of esters is 1. The fraction of sp³-hybridized carbons (Fsp3) is 0.250. The maximum absolute atomic E-state index is 12.1. The van der Waals surface area contributed by atoms with Crippen LogP contribution in [0, 0.1) is 0 Å². The average molecular weight is 386 g/mol. The summed E-state index contributed by atoms with van der Waals surface area (Å²) in [6.45, 7) is 2.84. The van der Waals surface area contributed by atoms with E-state index in [1.165, 1.54) is 0 Å². The van der Waals surface area contributed by atoms with Crippen molar-refractivity contribution in [2.45, 2.75) is 19.9 Å². The number of hydrazone groups is 1. The van der Waals surface area contributed by atoms with Gasteiger partial charge in [-0.3, -0.25) is 9.80 Å². The van der Waals surface area contributed by atoms with Gasteiger partial charge in [0.05, 0.1) is 11.3 Å². The zero-order valence-electron chi connectivity index (χ0n) is 14.9. The predicted octanol–water partition coefficient (Wildman–Crippen LogP) is 3.40. The minimum Gasteiger partial charge on any atom is -0.452 e. The Balaban J connectivity index is 1.45. The maximum Gasteiger partial charge on any atom is 0.338 e. The fourth-order valence-corrected chi connectivity index (χ4v) is 2.72. The number of nitrogens with zero attached hydrogens (tertiary/aromatic N) is 2. The van der Waals surface area contributed by atoms with E-state index in [1.54, 1.807) is 24.3 Å². The number of carbonyl (C=O) groups is 2. The number of rotatable bonds is 6. The molecule has 1 heterocycles. The zero-order valence-corrected chi connectivity index (χ0v) is 15.7. The summed E-state index contributed by atoms with van der Waals surface area (Å²) in [5.74, 6) is -0.902. The molecule has 0 aromatic heterocycles. The van der Waals surface area contributed by atoms with E-state index in [-0.39, 0.29) is 12.5 Å². The van der Waals surface area contributed by atoms with Crippen molar-refractivity contribution in [2.75, 3.05) is 18.2 Å². The summed E-state index contributed by atoms with van der Waals surface area (Å²) >= 11 is 5.82. The number of ether oxygens (including phenoxy) is 1. The highest BCUT2D eigenvalue weighted by molar-refractivity contribution is 6.30. The van der Waals surface area contributed by atoms with Crippen molar-refractivity contribution in [1.82, 2.24) is 5.32 Å². The summed E-state index contributed by atoms with van der Waals surface area (Å²) in [6.07, 6.45) is 0.939. The Morgan fingerprint density at radius 3 is 2.48 bits per heavy atom. The molecule has 6 nitrogen and oxygen atoms in total. The third-order valence-corrected chi connectivity index (χ3v) is 4.37. The van der Waals surface area contributed by atoms with Crippen LogP contribution in [0.3, 0.4) is 0 Å². The van der Waals surface area contributed by atoms with E-state index in [4.69, 9.17) is 16.3 Å². The minimum absolute atomic E-state index is 0.330. The van der Waals surface area contributed by atoms with Crippen molar-refractivity contribution in [2.24, 2.45) is 5.10 Å². The van der Waals surface area contributed by atoms with E-state index in [0.29, 0.717) is 17.1 Å². The van der Waals surface area contributed by atoms with E-state index in [0.717, 1.165) is 29.9 Å². The van der Waals surface area contributed by atoms with Gasteiger partial charge in [0.1, 0.15) is 0 Å². The van der Waals surface area contributed by atoms with Crippen LogP contribution in [-0.2, 0) is 16.1 Å². The van der Waals surface area contributed by atoms with Crippen LogP contribution in [0.25, 0.3) is 0 Å². The smallest absolute Gasteiger partial charge is 0.338 e. The lowest BCUT2D eigenvalue weighted by Crippen LogP contribution is -2.28. The van der Waals surface area contributed by atoms with Crippen molar-refractivity contribution < 1.29 is 14.3 Å². The molecule has 0 saturated carbocycles. The van der Waals surface area contributed by atoms with Crippen LogP contribution < -0.4 is 10.3 Å². The molecule has 0 unspecified atom stereocenters. The van der Waals surface area contributed by atoms with Gasteiger partial charge in [0, 0.05) is 30.2 Å². The van der Waals surface area contributed by atoms with E-state index in [1.807, 2.05) is 36.2 Å². The van der Waals surface area contributed by atoms with Gasteiger partial charge in [0.15, 0.2) is 6.61 Å². The summed E-state index contributed by atoms with van der Waals surface area (Å²) in [6, 6.07) is 14.1. The van der Waals surface area contributed by atoms with Gasteiger partial charge in [-0.05, 0) is 48.9 Å². The van der Waals surface area contributed by atoms with Crippen molar-refractivity contribution in [3.8, 4) is 0 Å². The van der Waals surface area contributed by atoms with E-state index >= 15 is 0 Å². The Labute approximate surface area is 162 Å². The zero-order chi connectivity index (χ0) is 19.2. The number of anilines is 1. The molecule has 1 aliphatic heterocycles. The lowest BCUT2D eigenvalue weighted by molar-refractivity contribution is -0.124. The predicted molar refractivity (Wildman–Crippen MR) is 105 cm³/mol. The van der Waals surface area contributed by atoms with Crippen molar-refractivity contribution >= 4 is 34.9 Å². The van der Waals surface area contributed by atoms with Gasteiger partial charge in [0.2, 0.25) is 0 Å². The first-order valence-corrected chi connectivity index (χ1v) is 8.99. The molecule has 0 saturated heterocycles. The maximum atomic E-state index is 12.1. The second-order valence-electron chi connectivity index (χ2n) is 6.23. The highest BCUT2D eigenvalue weighted by Crippen LogP contribution is 2.20. The van der Waals surface area contributed by atoms with Crippen LogP contribution in [0.2, 0.25) is 5.02 Å². The molecule has 27 heavy (non-hydrogen) atoms. The Hall–Kier alpha value is -2.86. The molecule has 2 aromatic carbocycles. The summed E-state index contributed by atoms with van der Waals surface area (Å²) in [7, 11) is 0. The highest BCUT2D eigenvalue weighted by atomic mass is 35.5. The van der Waals surface area contributed by atoms with Gasteiger partial charge in [-0.2, -0.15) is 5.10 Å². The molecule has 140 valence electrons. The van der Waals surface area contributed by atoms with Crippen molar-refractivity contribution in [3.63, 3.8) is 0 Å². The molecular formula is C20H20ClN3O3. The first kappa shape index (κ1) is 18.9. The van der Waals surface area contributed by atoms with Gasteiger partial charge >= 0.3 is 5.97 Å². The van der Waals surface area contributed by atoms with Crippen LogP contribution in [-0.4, -0.2) is 30.7 Å². The second kappa shape index (κ2) is 8.68. The quantitative estimate of drug-likeness (QED) is 0.773. The molecule has 1 aliphatic rings. The summed E-state index contributed by atoms with van der Waals surface area (Å²) < 4.78 is 5.07. The van der Waals surface area contributed by atoms with Gasteiger partial charge < -0.3 is 10.1 Å². The van der Waals surface area contributed by atoms with E-state index in [9.17, 15) is 9.59 Å². The first-order chi connectivity index (χ1) is 13.0. The first-order valence-electron chi connectivity index (χ1n) is 8.61. The third kappa shape index (κ3) is 5.31. The number of hydrogen-bond donors (Lipinski definition) is 1. The molecule has 2 aromatic rings. The SMILES string of the molecule is CC1=NN(c2ccc(C(=O)OCC(=O)NCc3ccc(Cl)cc3)cc2)CC1. The highest BCUT2D eigenvalue weighted by Gasteiger charge is 2.14. The van der Waals surface area contributed by atoms with Gasteiger partial charge in [-0.25, -0.2) is 4.79 Å². The molecule has 0 fully saturated rings. The summed E-state index contributed by atoms with van der Waals surface area (Å²) in [5, 5.41) is 9.64. The second-order valence-corrected chi connectivity index (χ2v) is 6.67.